The summed E-state index contributed by atoms with van der Waals surface area (Å²) in [5, 5.41) is 0. The van der Waals surface area contributed by atoms with Crippen LogP contribution in [0.4, 0.5) is 0 Å². The molecule has 0 bridgehead atoms. The van der Waals surface area contributed by atoms with Crippen LogP contribution >= 0.6 is 12.4 Å². The first-order valence-corrected chi connectivity index (χ1v) is 4.69. The van der Waals surface area contributed by atoms with E-state index >= 15 is 0 Å². The van der Waals surface area contributed by atoms with Crippen LogP contribution in [0, 0.1) is 0 Å². The Balaban J connectivity index is 0.00000256. The molecule has 1 aromatic carbocycles. The number of hydrogen-bond acceptors (Lipinski definition) is 4. The minimum Gasteiger partial charge on any atom is -0.493 e. The van der Waals surface area contributed by atoms with Crippen LogP contribution in [0.15, 0.2) is 12.1 Å². The van der Waals surface area contributed by atoms with Crippen LogP contribution < -0.4 is 19.9 Å². The molecule has 5 nitrogen and oxygen atoms in total. The first kappa shape index (κ1) is 15.4. The van der Waals surface area contributed by atoms with Crippen molar-refractivity contribution < 1.29 is 19.0 Å². The first-order chi connectivity index (χ1) is 7.62. The second-order valence-corrected chi connectivity index (χ2v) is 3.18. The van der Waals surface area contributed by atoms with E-state index in [1.54, 1.807) is 12.1 Å². The van der Waals surface area contributed by atoms with Gasteiger partial charge in [-0.2, -0.15) is 0 Å². The van der Waals surface area contributed by atoms with E-state index in [9.17, 15) is 4.79 Å². The topological polar surface area (TPSA) is 70.8 Å². The lowest BCUT2D eigenvalue weighted by atomic mass is 10.1. The molecule has 0 aliphatic heterocycles. The lowest BCUT2D eigenvalue weighted by Gasteiger charge is -2.13. The van der Waals surface area contributed by atoms with Gasteiger partial charge in [0.05, 0.1) is 27.8 Å². The SMILES string of the molecule is COc1cc(CC(N)=O)cc(OC)c1OC.Cl. The number of hydrogen-bond donors (Lipinski definition) is 1. The van der Waals surface area contributed by atoms with Crippen LogP contribution in [0.5, 0.6) is 17.2 Å². The Kier molecular flexibility index (Phi) is 6.20. The fraction of sp³-hybridized carbons (Fsp3) is 0.364. The Morgan fingerprint density at radius 3 is 1.88 bits per heavy atom. The Bertz CT molecular complexity index is 370. The Morgan fingerprint density at radius 1 is 1.12 bits per heavy atom. The van der Waals surface area contributed by atoms with Gasteiger partial charge < -0.3 is 19.9 Å². The maximum absolute atomic E-state index is 10.8. The molecule has 0 heterocycles. The summed E-state index contributed by atoms with van der Waals surface area (Å²) in [6.07, 6.45) is 0.136. The Labute approximate surface area is 106 Å². The van der Waals surface area contributed by atoms with Crippen LogP contribution in [-0.4, -0.2) is 27.2 Å². The highest BCUT2D eigenvalue weighted by molar-refractivity contribution is 5.85. The third kappa shape index (κ3) is 3.71. The zero-order valence-electron chi connectivity index (χ0n) is 9.98. The molecule has 0 aromatic heterocycles. The number of carbonyl (C=O) groups excluding carboxylic acids is 1. The van der Waals surface area contributed by atoms with Gasteiger partial charge in [0, 0.05) is 0 Å². The molecule has 0 radical (unpaired) electrons. The summed E-state index contributed by atoms with van der Waals surface area (Å²) < 4.78 is 15.4. The summed E-state index contributed by atoms with van der Waals surface area (Å²) in [7, 11) is 4.56. The third-order valence-electron chi connectivity index (χ3n) is 2.10. The van der Waals surface area contributed by atoms with Crippen molar-refractivity contribution in [3.8, 4) is 17.2 Å². The van der Waals surface area contributed by atoms with Gasteiger partial charge in [0.2, 0.25) is 11.7 Å². The van der Waals surface area contributed by atoms with E-state index in [1.807, 2.05) is 0 Å². The van der Waals surface area contributed by atoms with Gasteiger partial charge in [-0.3, -0.25) is 4.79 Å². The number of nitrogens with two attached hydrogens (primary N) is 1. The summed E-state index contributed by atoms with van der Waals surface area (Å²) in [4.78, 5) is 10.8. The van der Waals surface area contributed by atoms with Crippen molar-refractivity contribution in [1.82, 2.24) is 0 Å². The highest BCUT2D eigenvalue weighted by Crippen LogP contribution is 2.38. The van der Waals surface area contributed by atoms with Gasteiger partial charge in [0.25, 0.3) is 0 Å². The predicted molar refractivity (Wildman–Crippen MR) is 66.2 cm³/mol. The minimum absolute atomic E-state index is 0. The van der Waals surface area contributed by atoms with Crippen LogP contribution in [0.25, 0.3) is 0 Å². The molecule has 0 saturated carbocycles. The van der Waals surface area contributed by atoms with E-state index in [2.05, 4.69) is 0 Å². The summed E-state index contributed by atoms with van der Waals surface area (Å²) in [6, 6.07) is 3.40. The van der Waals surface area contributed by atoms with E-state index in [0.717, 1.165) is 5.56 Å². The molecule has 1 amide bonds. The highest BCUT2D eigenvalue weighted by atomic mass is 35.5. The van der Waals surface area contributed by atoms with Crippen LogP contribution in [-0.2, 0) is 11.2 Å². The number of amides is 1. The maximum Gasteiger partial charge on any atom is 0.221 e. The molecule has 0 unspecified atom stereocenters. The number of carbonyl (C=O) groups is 1. The smallest absolute Gasteiger partial charge is 0.221 e. The van der Waals surface area contributed by atoms with Crippen LogP contribution in [0.3, 0.4) is 0 Å². The summed E-state index contributed by atoms with van der Waals surface area (Å²) in [5.41, 5.74) is 5.85. The number of ether oxygens (including phenoxy) is 3. The largest absolute Gasteiger partial charge is 0.493 e. The zero-order valence-corrected chi connectivity index (χ0v) is 10.8. The van der Waals surface area contributed by atoms with Gasteiger partial charge >= 0.3 is 0 Å². The molecular weight excluding hydrogens is 246 g/mol. The molecule has 0 fully saturated rings. The number of methoxy groups -OCH3 is 3. The van der Waals surface area contributed by atoms with E-state index in [0.29, 0.717) is 17.2 Å². The number of benzene rings is 1. The maximum atomic E-state index is 10.8. The monoisotopic (exact) mass is 261 g/mol. The van der Waals surface area contributed by atoms with Gasteiger partial charge in [-0.05, 0) is 17.7 Å². The molecule has 96 valence electrons. The fourth-order valence-corrected chi connectivity index (χ4v) is 1.44. The molecule has 0 saturated heterocycles. The number of halogens is 1. The van der Waals surface area contributed by atoms with Crippen molar-refractivity contribution in [2.24, 2.45) is 5.73 Å². The zero-order chi connectivity index (χ0) is 12.1. The normalized spacial score (nSPS) is 9.12. The number of rotatable bonds is 5. The molecular formula is C11H16ClNO4. The van der Waals surface area contributed by atoms with Gasteiger partial charge in [-0.25, -0.2) is 0 Å². The molecule has 1 rings (SSSR count). The van der Waals surface area contributed by atoms with Crippen molar-refractivity contribution >= 4 is 18.3 Å². The quantitative estimate of drug-likeness (QED) is 0.864. The van der Waals surface area contributed by atoms with Crippen LogP contribution in [0.1, 0.15) is 5.56 Å². The van der Waals surface area contributed by atoms with Gasteiger partial charge in [0.1, 0.15) is 0 Å². The van der Waals surface area contributed by atoms with Crippen molar-refractivity contribution in [3.63, 3.8) is 0 Å². The molecule has 6 heteroatoms. The average molecular weight is 262 g/mol. The van der Waals surface area contributed by atoms with Crippen LogP contribution in [0.2, 0.25) is 0 Å². The van der Waals surface area contributed by atoms with Crippen molar-refractivity contribution in [2.75, 3.05) is 21.3 Å². The standard InChI is InChI=1S/C11H15NO4.ClH/c1-14-8-4-7(6-10(12)13)5-9(15-2)11(8)16-3;/h4-5H,6H2,1-3H3,(H2,12,13);1H. The van der Waals surface area contributed by atoms with Gasteiger partial charge in [-0.1, -0.05) is 0 Å². The fourth-order valence-electron chi connectivity index (χ4n) is 1.44. The van der Waals surface area contributed by atoms with E-state index in [1.165, 1.54) is 21.3 Å². The molecule has 17 heavy (non-hydrogen) atoms. The molecule has 0 aliphatic rings. The summed E-state index contributed by atoms with van der Waals surface area (Å²) in [5.74, 6) is 1.11. The third-order valence-corrected chi connectivity index (χ3v) is 2.10. The van der Waals surface area contributed by atoms with Crippen molar-refractivity contribution in [2.45, 2.75) is 6.42 Å². The molecule has 0 aliphatic carbocycles. The summed E-state index contributed by atoms with van der Waals surface area (Å²) >= 11 is 0. The summed E-state index contributed by atoms with van der Waals surface area (Å²) in [6.45, 7) is 0. The minimum atomic E-state index is -0.408. The van der Waals surface area contributed by atoms with Gasteiger partial charge in [-0.15, -0.1) is 12.4 Å². The van der Waals surface area contributed by atoms with E-state index in [-0.39, 0.29) is 18.8 Å². The predicted octanol–water partition coefficient (Wildman–Crippen LogP) is 1.16. The van der Waals surface area contributed by atoms with Crippen molar-refractivity contribution in [3.05, 3.63) is 17.7 Å². The average Bonchev–Trinajstić information content (AvgIpc) is 2.26. The van der Waals surface area contributed by atoms with Gasteiger partial charge in [0.15, 0.2) is 11.5 Å². The lowest BCUT2D eigenvalue weighted by Crippen LogP contribution is -2.13. The number of primary amides is 1. The molecule has 1 aromatic rings. The molecule has 2 N–H and O–H groups in total. The Hall–Kier alpha value is -1.62. The van der Waals surface area contributed by atoms with Crippen molar-refractivity contribution in [1.29, 1.82) is 0 Å². The lowest BCUT2D eigenvalue weighted by molar-refractivity contribution is -0.117. The first-order valence-electron chi connectivity index (χ1n) is 4.69. The van der Waals surface area contributed by atoms with E-state index < -0.39 is 5.91 Å². The molecule has 0 atom stereocenters. The second-order valence-electron chi connectivity index (χ2n) is 3.18. The molecule has 0 spiro atoms. The highest BCUT2D eigenvalue weighted by Gasteiger charge is 2.13. The van der Waals surface area contributed by atoms with E-state index in [4.69, 9.17) is 19.9 Å². The second kappa shape index (κ2) is 6.85. The Morgan fingerprint density at radius 2 is 1.59 bits per heavy atom.